The average molecular weight is 288 g/mol. The first-order valence-electron chi connectivity index (χ1n) is 5.45. The standard InChI is InChI=1S/C11H18BrN3O/c1-4-16-6-9(8(2)3)15-11-5-10(12)13-7-14-11/h5,7-9H,4,6H2,1-3H3,(H,13,14,15). The summed E-state index contributed by atoms with van der Waals surface area (Å²) < 4.78 is 6.22. The third-order valence-electron chi connectivity index (χ3n) is 2.27. The molecule has 0 bridgehead atoms. The molecule has 4 nitrogen and oxygen atoms in total. The minimum absolute atomic E-state index is 0.266. The van der Waals surface area contributed by atoms with E-state index >= 15 is 0 Å². The van der Waals surface area contributed by atoms with Gasteiger partial charge in [-0.2, -0.15) is 0 Å². The summed E-state index contributed by atoms with van der Waals surface area (Å²) in [5.41, 5.74) is 0. The first-order chi connectivity index (χ1) is 7.63. The van der Waals surface area contributed by atoms with Gasteiger partial charge in [0, 0.05) is 12.7 Å². The van der Waals surface area contributed by atoms with Gasteiger partial charge in [0.15, 0.2) is 0 Å². The van der Waals surface area contributed by atoms with Crippen LogP contribution in [-0.4, -0.2) is 29.2 Å². The third kappa shape index (κ3) is 4.45. The number of halogens is 1. The molecule has 0 saturated carbocycles. The van der Waals surface area contributed by atoms with E-state index in [2.05, 4.69) is 45.1 Å². The van der Waals surface area contributed by atoms with Crippen LogP contribution in [0.25, 0.3) is 0 Å². The predicted octanol–water partition coefficient (Wildman–Crippen LogP) is 2.71. The second kappa shape index (κ2) is 6.81. The summed E-state index contributed by atoms with van der Waals surface area (Å²) >= 11 is 3.32. The second-order valence-electron chi connectivity index (χ2n) is 3.88. The minimum atomic E-state index is 0.266. The van der Waals surface area contributed by atoms with Crippen LogP contribution in [0.2, 0.25) is 0 Å². The lowest BCUT2D eigenvalue weighted by Gasteiger charge is -2.22. The van der Waals surface area contributed by atoms with Crippen LogP contribution in [0.1, 0.15) is 20.8 Å². The number of nitrogens with one attached hydrogen (secondary N) is 1. The molecule has 1 atom stereocenters. The van der Waals surface area contributed by atoms with E-state index < -0.39 is 0 Å². The van der Waals surface area contributed by atoms with E-state index in [1.165, 1.54) is 6.33 Å². The zero-order valence-electron chi connectivity index (χ0n) is 9.90. The number of nitrogens with zero attached hydrogens (tertiary/aromatic N) is 2. The molecule has 0 amide bonds. The quantitative estimate of drug-likeness (QED) is 0.818. The number of aromatic nitrogens is 2. The fourth-order valence-corrected chi connectivity index (χ4v) is 1.56. The second-order valence-corrected chi connectivity index (χ2v) is 4.69. The van der Waals surface area contributed by atoms with Crippen molar-refractivity contribution in [3.05, 3.63) is 17.0 Å². The zero-order chi connectivity index (χ0) is 12.0. The number of anilines is 1. The number of hydrogen-bond acceptors (Lipinski definition) is 4. The maximum Gasteiger partial charge on any atom is 0.130 e. The third-order valence-corrected chi connectivity index (χ3v) is 2.71. The number of hydrogen-bond donors (Lipinski definition) is 1. The lowest BCUT2D eigenvalue weighted by atomic mass is 10.1. The van der Waals surface area contributed by atoms with Gasteiger partial charge in [-0.25, -0.2) is 9.97 Å². The molecule has 1 rings (SSSR count). The van der Waals surface area contributed by atoms with Crippen LogP contribution in [0, 0.1) is 5.92 Å². The molecule has 16 heavy (non-hydrogen) atoms. The predicted molar refractivity (Wildman–Crippen MR) is 68.5 cm³/mol. The van der Waals surface area contributed by atoms with Crippen molar-refractivity contribution < 1.29 is 4.74 Å². The molecule has 0 spiro atoms. The highest BCUT2D eigenvalue weighted by molar-refractivity contribution is 9.10. The van der Waals surface area contributed by atoms with Gasteiger partial charge in [-0.3, -0.25) is 0 Å². The van der Waals surface area contributed by atoms with E-state index in [4.69, 9.17) is 4.74 Å². The molecule has 0 saturated heterocycles. The van der Waals surface area contributed by atoms with Crippen molar-refractivity contribution in [2.24, 2.45) is 5.92 Å². The Morgan fingerprint density at radius 3 is 2.75 bits per heavy atom. The molecule has 1 unspecified atom stereocenters. The van der Waals surface area contributed by atoms with Crippen molar-refractivity contribution in [2.45, 2.75) is 26.8 Å². The molecule has 0 radical (unpaired) electrons. The van der Waals surface area contributed by atoms with Gasteiger partial charge in [0.2, 0.25) is 0 Å². The maximum absolute atomic E-state index is 5.44. The average Bonchev–Trinajstić information content (AvgIpc) is 2.24. The Balaban J connectivity index is 2.60. The van der Waals surface area contributed by atoms with E-state index in [-0.39, 0.29) is 6.04 Å². The molecule has 0 aliphatic carbocycles. The Morgan fingerprint density at radius 2 is 2.19 bits per heavy atom. The van der Waals surface area contributed by atoms with Gasteiger partial charge in [-0.1, -0.05) is 13.8 Å². The van der Waals surface area contributed by atoms with E-state index in [1.807, 2.05) is 13.0 Å². The summed E-state index contributed by atoms with van der Waals surface area (Å²) in [6, 6.07) is 2.13. The van der Waals surface area contributed by atoms with Crippen molar-refractivity contribution in [3.63, 3.8) is 0 Å². The van der Waals surface area contributed by atoms with Crippen LogP contribution in [0.3, 0.4) is 0 Å². The van der Waals surface area contributed by atoms with E-state index in [1.54, 1.807) is 0 Å². The number of ether oxygens (including phenoxy) is 1. The van der Waals surface area contributed by atoms with Gasteiger partial charge in [0.1, 0.15) is 16.7 Å². The lowest BCUT2D eigenvalue weighted by molar-refractivity contribution is 0.126. The Kier molecular flexibility index (Phi) is 5.69. The monoisotopic (exact) mass is 287 g/mol. The van der Waals surface area contributed by atoms with Crippen LogP contribution in [-0.2, 0) is 4.74 Å². The van der Waals surface area contributed by atoms with Crippen LogP contribution in [0.15, 0.2) is 17.0 Å². The summed E-state index contributed by atoms with van der Waals surface area (Å²) in [6.45, 7) is 7.74. The van der Waals surface area contributed by atoms with Crippen LogP contribution in [0.5, 0.6) is 0 Å². The Bertz CT molecular complexity index is 320. The lowest BCUT2D eigenvalue weighted by Crippen LogP contribution is -2.31. The maximum atomic E-state index is 5.44. The molecule has 90 valence electrons. The molecule has 1 N–H and O–H groups in total. The Hall–Kier alpha value is -0.680. The van der Waals surface area contributed by atoms with E-state index in [0.29, 0.717) is 12.5 Å². The smallest absolute Gasteiger partial charge is 0.130 e. The van der Waals surface area contributed by atoms with Gasteiger partial charge in [0.25, 0.3) is 0 Å². The van der Waals surface area contributed by atoms with Gasteiger partial charge in [0.05, 0.1) is 12.6 Å². The zero-order valence-corrected chi connectivity index (χ0v) is 11.5. The van der Waals surface area contributed by atoms with Crippen molar-refractivity contribution in [1.82, 2.24) is 9.97 Å². The summed E-state index contributed by atoms with van der Waals surface area (Å²) in [6.07, 6.45) is 1.53. The SMILES string of the molecule is CCOCC(Nc1cc(Br)ncn1)C(C)C. The normalized spacial score (nSPS) is 12.8. The van der Waals surface area contributed by atoms with Crippen molar-refractivity contribution in [1.29, 1.82) is 0 Å². The molecule has 0 aliphatic rings. The first kappa shape index (κ1) is 13.4. The number of rotatable bonds is 6. The molecule has 1 aromatic heterocycles. The highest BCUT2D eigenvalue weighted by Crippen LogP contribution is 2.13. The molecule has 0 aromatic carbocycles. The first-order valence-corrected chi connectivity index (χ1v) is 6.24. The Morgan fingerprint density at radius 1 is 1.44 bits per heavy atom. The van der Waals surface area contributed by atoms with Gasteiger partial charge < -0.3 is 10.1 Å². The molecule has 0 aliphatic heterocycles. The van der Waals surface area contributed by atoms with Crippen LogP contribution >= 0.6 is 15.9 Å². The summed E-state index contributed by atoms with van der Waals surface area (Å²) in [5.74, 6) is 1.31. The molecular weight excluding hydrogens is 270 g/mol. The van der Waals surface area contributed by atoms with Crippen molar-refractivity contribution in [3.8, 4) is 0 Å². The summed E-state index contributed by atoms with van der Waals surface area (Å²) in [4.78, 5) is 8.15. The van der Waals surface area contributed by atoms with Crippen LogP contribution < -0.4 is 5.32 Å². The molecular formula is C11H18BrN3O. The minimum Gasteiger partial charge on any atom is -0.380 e. The molecule has 5 heteroatoms. The summed E-state index contributed by atoms with van der Waals surface area (Å²) in [5, 5.41) is 3.35. The van der Waals surface area contributed by atoms with E-state index in [0.717, 1.165) is 17.0 Å². The molecule has 1 aromatic rings. The fourth-order valence-electron chi connectivity index (χ4n) is 1.25. The van der Waals surface area contributed by atoms with Gasteiger partial charge in [-0.05, 0) is 28.8 Å². The molecule has 1 heterocycles. The highest BCUT2D eigenvalue weighted by Gasteiger charge is 2.13. The van der Waals surface area contributed by atoms with E-state index in [9.17, 15) is 0 Å². The van der Waals surface area contributed by atoms with Crippen molar-refractivity contribution in [2.75, 3.05) is 18.5 Å². The van der Waals surface area contributed by atoms with Crippen LogP contribution in [0.4, 0.5) is 5.82 Å². The topological polar surface area (TPSA) is 47.0 Å². The van der Waals surface area contributed by atoms with Gasteiger partial charge >= 0.3 is 0 Å². The summed E-state index contributed by atoms with van der Waals surface area (Å²) in [7, 11) is 0. The Labute approximate surface area is 105 Å². The highest BCUT2D eigenvalue weighted by atomic mass is 79.9. The largest absolute Gasteiger partial charge is 0.380 e. The van der Waals surface area contributed by atoms with Gasteiger partial charge in [-0.15, -0.1) is 0 Å². The fraction of sp³-hybridized carbons (Fsp3) is 0.636. The van der Waals surface area contributed by atoms with Crippen molar-refractivity contribution >= 4 is 21.7 Å². The molecule has 0 fully saturated rings.